The molecule has 0 aliphatic heterocycles. The monoisotopic (exact) mass is 297 g/mol. The van der Waals surface area contributed by atoms with Crippen LogP contribution in [-0.2, 0) is 0 Å². The molecule has 4 heteroatoms. The van der Waals surface area contributed by atoms with Gasteiger partial charge in [0.1, 0.15) is 5.75 Å². The van der Waals surface area contributed by atoms with Crippen LogP contribution in [0.25, 0.3) is 0 Å². The zero-order valence-electron chi connectivity index (χ0n) is 12.7. The summed E-state index contributed by atoms with van der Waals surface area (Å²) in [6.45, 7) is 3.90. The Balaban J connectivity index is 2.52. The van der Waals surface area contributed by atoms with Gasteiger partial charge in [0.25, 0.3) is 0 Å². The van der Waals surface area contributed by atoms with Crippen molar-refractivity contribution in [2.45, 2.75) is 51.7 Å². The molecule has 0 aliphatic rings. The highest BCUT2D eigenvalue weighted by molar-refractivity contribution is 5.29. The standard InChI is InChI=1S/C17H25F2NO/c1-3-5-6-7-8-9-16(20-4-2)14-10-12-15(13-11-14)21-17(18)19/h3,10-13,16-17,20H,1,4-9H2,2H3. The van der Waals surface area contributed by atoms with Gasteiger partial charge in [0.2, 0.25) is 0 Å². The largest absolute Gasteiger partial charge is 0.435 e. The summed E-state index contributed by atoms with van der Waals surface area (Å²) < 4.78 is 28.6. The van der Waals surface area contributed by atoms with Gasteiger partial charge in [-0.05, 0) is 43.5 Å². The van der Waals surface area contributed by atoms with Crippen LogP contribution in [0.4, 0.5) is 8.78 Å². The number of hydrogen-bond acceptors (Lipinski definition) is 2. The van der Waals surface area contributed by atoms with Crippen LogP contribution in [0.5, 0.6) is 5.75 Å². The molecule has 0 aromatic heterocycles. The molecule has 1 rings (SSSR count). The lowest BCUT2D eigenvalue weighted by Crippen LogP contribution is -2.20. The molecule has 1 aromatic carbocycles. The second-order valence-corrected chi connectivity index (χ2v) is 4.98. The number of hydrogen-bond donors (Lipinski definition) is 1. The van der Waals surface area contributed by atoms with E-state index in [4.69, 9.17) is 0 Å². The molecule has 0 bridgehead atoms. The molecule has 0 aliphatic carbocycles. The number of rotatable bonds is 11. The Kier molecular flexibility index (Phi) is 8.67. The highest BCUT2D eigenvalue weighted by Gasteiger charge is 2.11. The molecule has 1 atom stereocenters. The lowest BCUT2D eigenvalue weighted by Gasteiger charge is -2.18. The fraction of sp³-hybridized carbons (Fsp3) is 0.529. The normalized spacial score (nSPS) is 12.4. The molecule has 118 valence electrons. The van der Waals surface area contributed by atoms with E-state index in [1.54, 1.807) is 12.1 Å². The molecule has 1 unspecified atom stereocenters. The van der Waals surface area contributed by atoms with Crippen molar-refractivity contribution in [1.29, 1.82) is 0 Å². The van der Waals surface area contributed by atoms with E-state index in [2.05, 4.69) is 23.6 Å². The van der Waals surface area contributed by atoms with E-state index in [0.717, 1.165) is 31.4 Å². The second-order valence-electron chi connectivity index (χ2n) is 4.98. The van der Waals surface area contributed by atoms with E-state index in [1.165, 1.54) is 12.8 Å². The van der Waals surface area contributed by atoms with Crippen LogP contribution in [0.15, 0.2) is 36.9 Å². The molecule has 1 aromatic rings. The van der Waals surface area contributed by atoms with Gasteiger partial charge < -0.3 is 10.1 Å². The summed E-state index contributed by atoms with van der Waals surface area (Å²) in [5, 5.41) is 3.44. The fourth-order valence-corrected chi connectivity index (χ4v) is 2.33. The van der Waals surface area contributed by atoms with E-state index in [1.807, 2.05) is 18.2 Å². The maximum absolute atomic E-state index is 12.1. The van der Waals surface area contributed by atoms with Gasteiger partial charge in [0.15, 0.2) is 0 Å². The highest BCUT2D eigenvalue weighted by Crippen LogP contribution is 2.23. The van der Waals surface area contributed by atoms with Crippen molar-refractivity contribution in [2.24, 2.45) is 0 Å². The minimum absolute atomic E-state index is 0.204. The molecule has 2 nitrogen and oxygen atoms in total. The Morgan fingerprint density at radius 3 is 2.48 bits per heavy atom. The maximum atomic E-state index is 12.1. The van der Waals surface area contributed by atoms with E-state index in [-0.39, 0.29) is 11.8 Å². The van der Waals surface area contributed by atoms with Gasteiger partial charge >= 0.3 is 6.61 Å². The summed E-state index contributed by atoms with van der Waals surface area (Å²) in [6.07, 6.45) is 7.54. The van der Waals surface area contributed by atoms with E-state index < -0.39 is 6.61 Å². The first-order valence-electron chi connectivity index (χ1n) is 7.56. The van der Waals surface area contributed by atoms with Crippen molar-refractivity contribution >= 4 is 0 Å². The smallest absolute Gasteiger partial charge is 0.387 e. The van der Waals surface area contributed by atoms with Crippen LogP contribution in [0, 0.1) is 0 Å². The van der Waals surface area contributed by atoms with Crippen molar-refractivity contribution in [3.8, 4) is 5.75 Å². The molecule has 0 amide bonds. The van der Waals surface area contributed by atoms with Crippen molar-refractivity contribution in [3.63, 3.8) is 0 Å². The van der Waals surface area contributed by atoms with Crippen LogP contribution in [0.1, 0.15) is 50.6 Å². The molecule has 1 N–H and O–H groups in total. The van der Waals surface area contributed by atoms with E-state index in [0.29, 0.717) is 0 Å². The molecule has 0 fully saturated rings. The zero-order chi connectivity index (χ0) is 15.5. The van der Waals surface area contributed by atoms with Crippen molar-refractivity contribution in [2.75, 3.05) is 6.54 Å². The highest BCUT2D eigenvalue weighted by atomic mass is 19.3. The number of nitrogens with one attached hydrogen (secondary N) is 1. The Morgan fingerprint density at radius 1 is 1.19 bits per heavy atom. The number of halogens is 2. The lowest BCUT2D eigenvalue weighted by atomic mass is 10.00. The third-order valence-electron chi connectivity index (χ3n) is 3.36. The summed E-state index contributed by atoms with van der Waals surface area (Å²) in [6, 6.07) is 7.18. The Morgan fingerprint density at radius 2 is 1.90 bits per heavy atom. The van der Waals surface area contributed by atoms with Gasteiger partial charge in [0.05, 0.1) is 0 Å². The van der Waals surface area contributed by atoms with Gasteiger partial charge in [0, 0.05) is 6.04 Å². The Hall–Kier alpha value is -1.42. The number of unbranched alkanes of at least 4 members (excludes halogenated alkanes) is 3. The second kappa shape index (κ2) is 10.3. The number of allylic oxidation sites excluding steroid dienone is 1. The van der Waals surface area contributed by atoms with Crippen molar-refractivity contribution in [3.05, 3.63) is 42.5 Å². The van der Waals surface area contributed by atoms with Gasteiger partial charge in [-0.15, -0.1) is 6.58 Å². The lowest BCUT2D eigenvalue weighted by molar-refractivity contribution is -0.0498. The first kappa shape index (κ1) is 17.6. The average molecular weight is 297 g/mol. The number of alkyl halides is 2. The van der Waals surface area contributed by atoms with Crippen LogP contribution in [0.3, 0.4) is 0 Å². The summed E-state index contributed by atoms with van der Waals surface area (Å²) in [7, 11) is 0. The predicted molar refractivity (Wildman–Crippen MR) is 82.8 cm³/mol. The quantitative estimate of drug-likeness (QED) is 0.454. The van der Waals surface area contributed by atoms with Crippen molar-refractivity contribution < 1.29 is 13.5 Å². The third kappa shape index (κ3) is 7.23. The Bertz CT molecular complexity index is 392. The van der Waals surface area contributed by atoms with Crippen LogP contribution in [0.2, 0.25) is 0 Å². The SMILES string of the molecule is C=CCCCCCC(NCC)c1ccc(OC(F)F)cc1. The third-order valence-corrected chi connectivity index (χ3v) is 3.36. The molecular formula is C17H25F2NO. The number of benzene rings is 1. The summed E-state index contributed by atoms with van der Waals surface area (Å²) in [4.78, 5) is 0. The van der Waals surface area contributed by atoms with Crippen LogP contribution >= 0.6 is 0 Å². The molecule has 0 heterocycles. The summed E-state index contributed by atoms with van der Waals surface area (Å²) in [5.41, 5.74) is 1.11. The van der Waals surface area contributed by atoms with Crippen LogP contribution < -0.4 is 10.1 Å². The topological polar surface area (TPSA) is 21.3 Å². The molecule has 0 saturated heterocycles. The maximum Gasteiger partial charge on any atom is 0.387 e. The predicted octanol–water partition coefficient (Wildman–Crippen LogP) is 5.08. The van der Waals surface area contributed by atoms with E-state index in [9.17, 15) is 8.78 Å². The van der Waals surface area contributed by atoms with Gasteiger partial charge in [-0.25, -0.2) is 0 Å². The van der Waals surface area contributed by atoms with Gasteiger partial charge in [-0.3, -0.25) is 0 Å². The fourth-order valence-electron chi connectivity index (χ4n) is 2.33. The zero-order valence-corrected chi connectivity index (χ0v) is 12.7. The Labute approximate surface area is 126 Å². The molecular weight excluding hydrogens is 272 g/mol. The van der Waals surface area contributed by atoms with Gasteiger partial charge in [-0.1, -0.05) is 38.0 Å². The molecule has 0 radical (unpaired) electrons. The summed E-state index contributed by atoms with van der Waals surface area (Å²) in [5.74, 6) is 0.204. The van der Waals surface area contributed by atoms with Gasteiger partial charge in [-0.2, -0.15) is 8.78 Å². The summed E-state index contributed by atoms with van der Waals surface area (Å²) >= 11 is 0. The minimum atomic E-state index is -2.77. The van der Waals surface area contributed by atoms with E-state index >= 15 is 0 Å². The van der Waals surface area contributed by atoms with Crippen LogP contribution in [-0.4, -0.2) is 13.2 Å². The molecule has 0 spiro atoms. The van der Waals surface area contributed by atoms with Crippen molar-refractivity contribution in [1.82, 2.24) is 5.32 Å². The minimum Gasteiger partial charge on any atom is -0.435 e. The first-order chi connectivity index (χ1) is 10.2. The first-order valence-corrected chi connectivity index (χ1v) is 7.56. The molecule has 21 heavy (non-hydrogen) atoms. The molecule has 0 saturated carbocycles. The average Bonchev–Trinajstić information content (AvgIpc) is 2.46. The number of ether oxygens (including phenoxy) is 1.